The molecule has 0 spiro atoms. The first kappa shape index (κ1) is 11.9. The number of H-pyrrole nitrogens is 1. The Labute approximate surface area is 99.9 Å². The Balaban J connectivity index is 1.96. The van der Waals surface area contributed by atoms with Crippen LogP contribution in [-0.2, 0) is 4.74 Å². The molecule has 0 bridgehead atoms. The maximum absolute atomic E-state index is 11.9. The lowest BCUT2D eigenvalue weighted by atomic mass is 9.80. The van der Waals surface area contributed by atoms with E-state index >= 15 is 0 Å². The fourth-order valence-electron chi connectivity index (χ4n) is 1.96. The molecule has 6 heteroatoms. The smallest absolute Gasteiger partial charge is 0.274 e. The van der Waals surface area contributed by atoms with Crippen LogP contribution in [0.1, 0.15) is 35.4 Å². The Morgan fingerprint density at radius 1 is 1.65 bits per heavy atom. The standard InChI is InChI=1S/C11H18N4O2/c1-7-8(12)9(15-14-7)10(16)13-6-11(17-2)4-3-5-11/h3-6,12H2,1-2H3,(H,13,16)(H,14,15). The number of hydrogen-bond donors (Lipinski definition) is 3. The SMILES string of the molecule is COC1(CNC(=O)c2n[nH]c(C)c2N)CCC1. The molecule has 1 aliphatic carbocycles. The van der Waals surface area contributed by atoms with E-state index in [9.17, 15) is 4.79 Å². The van der Waals surface area contributed by atoms with Gasteiger partial charge in [0, 0.05) is 13.7 Å². The van der Waals surface area contributed by atoms with Crippen LogP contribution in [0.25, 0.3) is 0 Å². The highest BCUT2D eigenvalue weighted by Gasteiger charge is 2.37. The number of hydrogen-bond acceptors (Lipinski definition) is 4. The number of amides is 1. The number of nitrogens with one attached hydrogen (secondary N) is 2. The topological polar surface area (TPSA) is 93.0 Å². The second-order valence-electron chi connectivity index (χ2n) is 4.53. The van der Waals surface area contributed by atoms with Gasteiger partial charge in [-0.05, 0) is 26.2 Å². The van der Waals surface area contributed by atoms with E-state index in [2.05, 4.69) is 15.5 Å². The molecule has 0 saturated heterocycles. The van der Waals surface area contributed by atoms with Gasteiger partial charge in [-0.15, -0.1) is 0 Å². The van der Waals surface area contributed by atoms with Crippen LogP contribution in [0.2, 0.25) is 0 Å². The number of aromatic nitrogens is 2. The molecule has 0 aromatic carbocycles. The van der Waals surface area contributed by atoms with Crippen molar-refractivity contribution in [1.82, 2.24) is 15.5 Å². The van der Waals surface area contributed by atoms with Gasteiger partial charge >= 0.3 is 0 Å². The number of ether oxygens (including phenoxy) is 1. The summed E-state index contributed by atoms with van der Waals surface area (Å²) >= 11 is 0. The maximum atomic E-state index is 11.9. The summed E-state index contributed by atoms with van der Waals surface area (Å²) in [5, 5.41) is 9.39. The normalized spacial score (nSPS) is 17.5. The summed E-state index contributed by atoms with van der Waals surface area (Å²) in [7, 11) is 1.68. The predicted molar refractivity (Wildman–Crippen MR) is 63.7 cm³/mol. The Morgan fingerprint density at radius 2 is 2.35 bits per heavy atom. The molecule has 2 rings (SSSR count). The number of aryl methyl sites for hydroxylation is 1. The largest absolute Gasteiger partial charge is 0.395 e. The highest BCUT2D eigenvalue weighted by atomic mass is 16.5. The van der Waals surface area contributed by atoms with Crippen molar-refractivity contribution in [2.45, 2.75) is 31.8 Å². The van der Waals surface area contributed by atoms with Crippen LogP contribution >= 0.6 is 0 Å². The zero-order valence-corrected chi connectivity index (χ0v) is 10.2. The molecule has 1 heterocycles. The molecule has 0 unspecified atom stereocenters. The van der Waals surface area contributed by atoms with E-state index in [1.54, 1.807) is 14.0 Å². The molecule has 94 valence electrons. The van der Waals surface area contributed by atoms with Crippen LogP contribution in [-0.4, -0.2) is 35.4 Å². The van der Waals surface area contributed by atoms with Gasteiger partial charge in [0.25, 0.3) is 5.91 Å². The number of carbonyl (C=O) groups is 1. The van der Waals surface area contributed by atoms with Crippen molar-refractivity contribution in [3.63, 3.8) is 0 Å². The lowest BCUT2D eigenvalue weighted by molar-refractivity contribution is -0.0679. The van der Waals surface area contributed by atoms with Gasteiger partial charge in [-0.1, -0.05) is 0 Å². The summed E-state index contributed by atoms with van der Waals surface area (Å²) in [6.45, 7) is 2.29. The van der Waals surface area contributed by atoms with Crippen molar-refractivity contribution < 1.29 is 9.53 Å². The van der Waals surface area contributed by atoms with Crippen molar-refractivity contribution in [1.29, 1.82) is 0 Å². The highest BCUT2D eigenvalue weighted by molar-refractivity contribution is 5.97. The molecule has 1 aromatic rings. The summed E-state index contributed by atoms with van der Waals surface area (Å²) in [6, 6.07) is 0. The van der Waals surface area contributed by atoms with Crippen LogP contribution in [0, 0.1) is 6.92 Å². The molecule has 17 heavy (non-hydrogen) atoms. The van der Waals surface area contributed by atoms with E-state index in [1.165, 1.54) is 0 Å². The van der Waals surface area contributed by atoms with E-state index in [0.29, 0.717) is 17.9 Å². The quantitative estimate of drug-likeness (QED) is 0.716. The monoisotopic (exact) mass is 238 g/mol. The number of aromatic amines is 1. The van der Waals surface area contributed by atoms with Gasteiger partial charge in [0.1, 0.15) is 0 Å². The van der Waals surface area contributed by atoms with Gasteiger partial charge in [0.05, 0.1) is 17.0 Å². The van der Waals surface area contributed by atoms with E-state index < -0.39 is 0 Å². The molecule has 0 radical (unpaired) electrons. The van der Waals surface area contributed by atoms with Gasteiger partial charge < -0.3 is 15.8 Å². The number of nitrogens with two attached hydrogens (primary N) is 1. The van der Waals surface area contributed by atoms with Crippen LogP contribution in [0.3, 0.4) is 0 Å². The van der Waals surface area contributed by atoms with Gasteiger partial charge in [0.15, 0.2) is 5.69 Å². The van der Waals surface area contributed by atoms with Crippen molar-refractivity contribution >= 4 is 11.6 Å². The second kappa shape index (κ2) is 4.37. The van der Waals surface area contributed by atoms with Gasteiger partial charge in [-0.3, -0.25) is 9.89 Å². The van der Waals surface area contributed by atoms with Crippen LogP contribution in [0.15, 0.2) is 0 Å². The summed E-state index contributed by atoms with van der Waals surface area (Å²) < 4.78 is 5.42. The predicted octanol–water partition coefficient (Wildman–Crippen LogP) is 0.599. The molecule has 4 N–H and O–H groups in total. The number of nitrogens with zero attached hydrogens (tertiary/aromatic N) is 1. The third-order valence-corrected chi connectivity index (χ3v) is 3.48. The first-order valence-electron chi connectivity index (χ1n) is 5.72. The minimum Gasteiger partial charge on any atom is -0.395 e. The zero-order valence-electron chi connectivity index (χ0n) is 10.2. The molecule has 6 nitrogen and oxygen atoms in total. The van der Waals surface area contributed by atoms with Gasteiger partial charge in [-0.2, -0.15) is 5.10 Å². The summed E-state index contributed by atoms with van der Waals surface area (Å²) in [4.78, 5) is 11.9. The van der Waals surface area contributed by atoms with E-state index in [0.717, 1.165) is 19.3 Å². The highest BCUT2D eigenvalue weighted by Crippen LogP contribution is 2.34. The Kier molecular flexibility index (Phi) is 3.06. The van der Waals surface area contributed by atoms with Crippen LogP contribution in [0.4, 0.5) is 5.69 Å². The van der Waals surface area contributed by atoms with Crippen molar-refractivity contribution in [3.05, 3.63) is 11.4 Å². The van der Waals surface area contributed by atoms with Crippen molar-refractivity contribution in [2.24, 2.45) is 0 Å². The molecule has 1 fully saturated rings. The second-order valence-corrected chi connectivity index (χ2v) is 4.53. The summed E-state index contributed by atoms with van der Waals surface area (Å²) in [6.07, 6.45) is 3.12. The minimum atomic E-state index is -0.254. The Morgan fingerprint density at radius 3 is 2.76 bits per heavy atom. The summed E-state index contributed by atoms with van der Waals surface area (Å²) in [5.41, 5.74) is 6.92. The third kappa shape index (κ3) is 2.12. The minimum absolute atomic E-state index is 0.185. The van der Waals surface area contributed by atoms with Crippen molar-refractivity contribution in [3.8, 4) is 0 Å². The number of rotatable bonds is 4. The maximum Gasteiger partial charge on any atom is 0.274 e. The molecular formula is C11H18N4O2. The van der Waals surface area contributed by atoms with Crippen LogP contribution in [0.5, 0.6) is 0 Å². The fourth-order valence-corrected chi connectivity index (χ4v) is 1.96. The van der Waals surface area contributed by atoms with Gasteiger partial charge in [-0.25, -0.2) is 0 Å². The Hall–Kier alpha value is -1.56. The summed E-state index contributed by atoms with van der Waals surface area (Å²) in [5.74, 6) is -0.254. The molecule has 0 atom stereocenters. The molecule has 1 aliphatic rings. The number of anilines is 1. The molecule has 1 amide bonds. The fraction of sp³-hybridized carbons (Fsp3) is 0.636. The van der Waals surface area contributed by atoms with E-state index in [4.69, 9.17) is 10.5 Å². The van der Waals surface area contributed by atoms with E-state index in [1.807, 2.05) is 0 Å². The molecule has 1 aromatic heterocycles. The lowest BCUT2D eigenvalue weighted by Crippen LogP contribution is -2.49. The first-order chi connectivity index (χ1) is 8.08. The number of carbonyl (C=O) groups excluding carboxylic acids is 1. The number of nitrogen functional groups attached to an aromatic ring is 1. The Bertz CT molecular complexity index is 418. The molecular weight excluding hydrogens is 220 g/mol. The molecule has 1 saturated carbocycles. The van der Waals surface area contributed by atoms with Gasteiger partial charge in [0.2, 0.25) is 0 Å². The first-order valence-corrected chi connectivity index (χ1v) is 5.72. The lowest BCUT2D eigenvalue weighted by Gasteiger charge is -2.40. The van der Waals surface area contributed by atoms with Crippen LogP contribution < -0.4 is 11.1 Å². The molecule has 0 aliphatic heterocycles. The average molecular weight is 238 g/mol. The number of methoxy groups -OCH3 is 1. The van der Waals surface area contributed by atoms with E-state index in [-0.39, 0.29) is 17.2 Å². The van der Waals surface area contributed by atoms with Crippen molar-refractivity contribution in [2.75, 3.05) is 19.4 Å². The average Bonchev–Trinajstić information content (AvgIpc) is 2.59. The third-order valence-electron chi connectivity index (χ3n) is 3.48. The zero-order chi connectivity index (χ0) is 12.5.